The second-order valence-electron chi connectivity index (χ2n) is 9.75. The van der Waals surface area contributed by atoms with E-state index in [-0.39, 0.29) is 0 Å². The van der Waals surface area contributed by atoms with E-state index in [2.05, 4.69) is 90.8 Å². The third-order valence-electron chi connectivity index (χ3n) is 5.97. The van der Waals surface area contributed by atoms with Crippen molar-refractivity contribution in [3.8, 4) is 45.9 Å². The van der Waals surface area contributed by atoms with Crippen LogP contribution in [0.2, 0.25) is 0 Å². The molecule has 0 aliphatic carbocycles. The van der Waals surface area contributed by atoms with Gasteiger partial charge in [-0.2, -0.15) is 0 Å². The summed E-state index contributed by atoms with van der Waals surface area (Å²) in [6.07, 6.45) is -3.80. The lowest BCUT2D eigenvalue weighted by molar-refractivity contribution is -0.351. The zero-order valence-electron chi connectivity index (χ0n) is 23.5. The molecule has 0 N–H and O–H groups in total. The van der Waals surface area contributed by atoms with Crippen molar-refractivity contribution in [3.63, 3.8) is 0 Å². The van der Waals surface area contributed by atoms with Crippen LogP contribution in [0.25, 0.3) is 22.3 Å². The number of ether oxygens (including phenoxy) is 1. The highest BCUT2D eigenvalue weighted by Gasteiger charge is 2.36. The maximum absolute atomic E-state index is 12.3. The molecule has 0 aromatic heterocycles. The van der Waals surface area contributed by atoms with Gasteiger partial charge in [-0.25, -0.2) is 0 Å². The maximum atomic E-state index is 12.3. The van der Waals surface area contributed by atoms with Crippen molar-refractivity contribution in [1.29, 1.82) is 0 Å². The molecule has 0 radical (unpaired) electrons. The topological polar surface area (TPSA) is 9.23 Å². The molecule has 0 bridgehead atoms. The molecule has 0 spiro atoms. The van der Waals surface area contributed by atoms with Crippen molar-refractivity contribution < 1.29 is 17.9 Å². The highest BCUT2D eigenvalue weighted by molar-refractivity contribution is 5.68. The number of halogens is 3. The lowest BCUT2D eigenvalue weighted by Crippen LogP contribution is -2.30. The van der Waals surface area contributed by atoms with Crippen molar-refractivity contribution >= 4 is 0 Å². The lowest BCUT2D eigenvalue weighted by Gasteiger charge is -2.20. The van der Waals surface area contributed by atoms with Gasteiger partial charge in [0.05, 0.1) is 0 Å². The molecule has 204 valence electrons. The van der Waals surface area contributed by atoms with Gasteiger partial charge in [0.2, 0.25) is 0 Å². The second kappa shape index (κ2) is 13.7. The number of rotatable bonds is 3. The molecule has 0 heterocycles. The quantitative estimate of drug-likeness (QED) is 0.236. The van der Waals surface area contributed by atoms with Crippen LogP contribution in [0.1, 0.15) is 49.4 Å². The molecule has 0 saturated carbocycles. The summed E-state index contributed by atoms with van der Waals surface area (Å²) >= 11 is 0. The number of aryl methyl sites for hydroxylation is 2. The first-order valence-electron chi connectivity index (χ1n) is 13.1. The Kier molecular flexibility index (Phi) is 10.4. The Morgan fingerprint density at radius 2 is 1.05 bits per heavy atom. The Morgan fingerprint density at radius 1 is 0.625 bits per heavy atom. The normalized spacial score (nSPS) is 10.8. The molecule has 1 nitrogen and oxygen atoms in total. The summed E-state index contributed by atoms with van der Waals surface area (Å²) in [7, 11) is 0. The molecule has 4 aromatic carbocycles. The van der Waals surface area contributed by atoms with Gasteiger partial charge in [0.25, 0.3) is 0 Å². The van der Waals surface area contributed by atoms with Gasteiger partial charge in [-0.15, -0.1) is 13.2 Å². The highest BCUT2D eigenvalue weighted by atomic mass is 19.4. The Balaban J connectivity index is 0.000000230. The average Bonchev–Trinajstić information content (AvgIpc) is 2.91. The molecule has 0 saturated heterocycles. The largest absolute Gasteiger partial charge is 0.523 e. The Hall–Kier alpha value is -4.25. The maximum Gasteiger partial charge on any atom is 0.523 e. The summed E-state index contributed by atoms with van der Waals surface area (Å²) < 4.78 is 40.8. The van der Waals surface area contributed by atoms with E-state index in [1.54, 1.807) is 12.1 Å². The molecule has 4 heteroatoms. The number of hydrogen-bond donors (Lipinski definition) is 0. The van der Waals surface area contributed by atoms with E-state index in [1.165, 1.54) is 30.5 Å². The van der Waals surface area contributed by atoms with Crippen molar-refractivity contribution in [2.75, 3.05) is 0 Å². The van der Waals surface area contributed by atoms with Crippen molar-refractivity contribution in [2.45, 2.75) is 53.0 Å². The summed E-state index contributed by atoms with van der Waals surface area (Å²) in [6, 6.07) is 32.3. The third-order valence-corrected chi connectivity index (χ3v) is 5.97. The van der Waals surface area contributed by atoms with Crippen LogP contribution >= 0.6 is 0 Å². The molecular weight excluding hydrogens is 505 g/mol. The van der Waals surface area contributed by atoms with Gasteiger partial charge in [-0.05, 0) is 85.3 Å². The van der Waals surface area contributed by atoms with Gasteiger partial charge in [-0.3, -0.25) is 4.74 Å². The van der Waals surface area contributed by atoms with Crippen LogP contribution in [0.4, 0.5) is 13.2 Å². The summed E-state index contributed by atoms with van der Waals surface area (Å²) in [5, 5.41) is 0. The van der Waals surface area contributed by atoms with Gasteiger partial charge >= 0.3 is 6.36 Å². The molecule has 4 rings (SSSR count). The zero-order valence-corrected chi connectivity index (χ0v) is 23.5. The second-order valence-corrected chi connectivity index (χ2v) is 9.75. The first-order chi connectivity index (χ1) is 19.0. The van der Waals surface area contributed by atoms with Gasteiger partial charge in [0.15, 0.2) is 0 Å². The number of alkyl halides is 3. The monoisotopic (exact) mass is 538 g/mol. The van der Waals surface area contributed by atoms with E-state index in [0.29, 0.717) is 5.56 Å². The Labute approximate surface area is 236 Å². The Morgan fingerprint density at radius 3 is 1.45 bits per heavy atom. The molecule has 0 amide bonds. The van der Waals surface area contributed by atoms with Crippen molar-refractivity contribution in [3.05, 3.63) is 119 Å². The summed E-state index contributed by atoms with van der Waals surface area (Å²) in [6.45, 7) is 8.80. The molecule has 4 aromatic rings. The molecule has 0 unspecified atom stereocenters. The van der Waals surface area contributed by atoms with Crippen LogP contribution in [0, 0.1) is 37.5 Å². The first-order valence-corrected chi connectivity index (χ1v) is 13.1. The standard InChI is InChI=1S/C19H17F3O.C17H16/c1-14-6-4-5-7-17(14)16-10-8-15(9-11-16)12-13-18(2,3)23-19(20,21)22;1-3-4-8-15-10-12-16(13-11-15)17-9-6-5-7-14(17)2/h4-11H,1-3H3;5-7,9-13H,3H2,1-2H3. The molecule has 0 fully saturated rings. The lowest BCUT2D eigenvalue weighted by atomic mass is 9.99. The minimum Gasteiger partial charge on any atom is -0.273 e. The fourth-order valence-electron chi connectivity index (χ4n) is 3.99. The molecule has 0 atom stereocenters. The van der Waals surface area contributed by atoms with Gasteiger partial charge in [0.1, 0.15) is 5.60 Å². The Bertz CT molecular complexity index is 1520. The van der Waals surface area contributed by atoms with Gasteiger partial charge in [-0.1, -0.05) is 103 Å². The minimum atomic E-state index is -4.70. The molecule has 40 heavy (non-hydrogen) atoms. The van der Waals surface area contributed by atoms with Gasteiger partial charge in [0, 0.05) is 17.5 Å². The smallest absolute Gasteiger partial charge is 0.273 e. The van der Waals surface area contributed by atoms with E-state index in [1.807, 2.05) is 43.3 Å². The fraction of sp³-hybridized carbons (Fsp3) is 0.222. The van der Waals surface area contributed by atoms with Crippen molar-refractivity contribution in [2.24, 2.45) is 0 Å². The van der Waals surface area contributed by atoms with Crippen LogP contribution < -0.4 is 0 Å². The SMILES string of the molecule is CCC#Cc1ccc(-c2ccccc2C)cc1.Cc1ccccc1-c1ccc(C#CC(C)(C)OC(F)(F)F)cc1. The third kappa shape index (κ3) is 9.49. The van der Waals surface area contributed by atoms with Crippen LogP contribution in [-0.2, 0) is 4.74 Å². The van der Waals surface area contributed by atoms with Crippen LogP contribution in [-0.4, -0.2) is 12.0 Å². The van der Waals surface area contributed by atoms with Crippen LogP contribution in [0.15, 0.2) is 97.1 Å². The summed E-state index contributed by atoms with van der Waals surface area (Å²) in [4.78, 5) is 0. The first kappa shape index (κ1) is 30.3. The predicted octanol–water partition coefficient (Wildman–Crippen LogP) is 9.75. The molecular formula is C36H33F3O. The average molecular weight is 539 g/mol. The number of benzene rings is 4. The van der Waals surface area contributed by atoms with Crippen LogP contribution in [0.5, 0.6) is 0 Å². The van der Waals surface area contributed by atoms with Crippen molar-refractivity contribution in [1.82, 2.24) is 0 Å². The predicted molar refractivity (Wildman–Crippen MR) is 158 cm³/mol. The molecule has 0 aliphatic heterocycles. The summed E-state index contributed by atoms with van der Waals surface area (Å²) in [5.74, 6) is 11.5. The van der Waals surface area contributed by atoms with E-state index < -0.39 is 12.0 Å². The minimum absolute atomic E-state index is 0.640. The fourth-order valence-corrected chi connectivity index (χ4v) is 3.99. The molecule has 0 aliphatic rings. The van der Waals surface area contributed by atoms with Crippen LogP contribution in [0.3, 0.4) is 0 Å². The van der Waals surface area contributed by atoms with Gasteiger partial charge < -0.3 is 0 Å². The van der Waals surface area contributed by atoms with E-state index in [0.717, 1.165) is 28.7 Å². The van der Waals surface area contributed by atoms with E-state index in [9.17, 15) is 13.2 Å². The number of hydrogen-bond acceptors (Lipinski definition) is 1. The highest BCUT2D eigenvalue weighted by Crippen LogP contribution is 2.26. The zero-order chi connectivity index (χ0) is 29.2. The van der Waals surface area contributed by atoms with E-state index in [4.69, 9.17) is 0 Å². The van der Waals surface area contributed by atoms with E-state index >= 15 is 0 Å². The summed E-state index contributed by atoms with van der Waals surface area (Å²) in [5.41, 5.74) is 7.31.